The lowest BCUT2D eigenvalue weighted by atomic mass is 10.0. The first-order valence-electron chi connectivity index (χ1n) is 11.8. The largest absolute Gasteiger partial charge is 0.378 e. The molecule has 0 bridgehead atoms. The van der Waals surface area contributed by atoms with Crippen molar-refractivity contribution in [1.29, 1.82) is 0 Å². The molecule has 0 radical (unpaired) electrons. The van der Waals surface area contributed by atoms with Crippen molar-refractivity contribution in [2.75, 3.05) is 43.4 Å². The van der Waals surface area contributed by atoms with Crippen molar-refractivity contribution in [1.82, 2.24) is 4.98 Å². The summed E-state index contributed by atoms with van der Waals surface area (Å²) in [6.45, 7) is 0. The van der Waals surface area contributed by atoms with Crippen LogP contribution in [0.1, 0.15) is 11.1 Å². The van der Waals surface area contributed by atoms with E-state index in [2.05, 4.69) is 112 Å². The van der Waals surface area contributed by atoms with Crippen LogP contribution in [-0.4, -0.2) is 38.9 Å². The summed E-state index contributed by atoms with van der Waals surface area (Å²) in [4.78, 5) is 8.99. The van der Waals surface area contributed by atoms with E-state index in [1.165, 1.54) is 10.8 Å². The van der Waals surface area contributed by atoms with Crippen LogP contribution in [0.25, 0.3) is 22.0 Å². The fourth-order valence-corrected chi connectivity index (χ4v) is 4.70. The molecule has 7 heteroatoms. The van der Waals surface area contributed by atoms with E-state index in [9.17, 15) is 0 Å². The molecule has 5 aromatic rings. The summed E-state index contributed by atoms with van der Waals surface area (Å²) < 4.78 is 0. The topological polar surface area (TPSA) is 43.8 Å². The summed E-state index contributed by atoms with van der Waals surface area (Å²) in [7, 11) is 8.17. The van der Waals surface area contributed by atoms with E-state index in [1.54, 1.807) is 11.3 Å². The van der Waals surface area contributed by atoms with Gasteiger partial charge in [-0.1, -0.05) is 60.7 Å². The molecule has 0 fully saturated rings. The maximum atomic E-state index is 4.83. The zero-order chi connectivity index (χ0) is 25.1. The van der Waals surface area contributed by atoms with Gasteiger partial charge in [0.25, 0.3) is 0 Å². The maximum Gasteiger partial charge on any atom is 0.203 e. The van der Waals surface area contributed by atoms with Gasteiger partial charge in [-0.05, 0) is 41.1 Å². The lowest BCUT2D eigenvalue weighted by Gasteiger charge is -2.15. The molecular formula is C30H30BrN5S. The van der Waals surface area contributed by atoms with Gasteiger partial charge < -0.3 is 9.80 Å². The van der Waals surface area contributed by atoms with Gasteiger partial charge in [-0.15, -0.1) is 28.3 Å². The number of hydrazone groups is 1. The fraction of sp³-hybridized carbons (Fsp3) is 0.133. The molecule has 0 saturated carbocycles. The van der Waals surface area contributed by atoms with Crippen LogP contribution in [0.2, 0.25) is 0 Å². The third-order valence-corrected chi connectivity index (χ3v) is 6.87. The normalized spacial score (nSPS) is 10.5. The van der Waals surface area contributed by atoms with Gasteiger partial charge >= 0.3 is 0 Å². The van der Waals surface area contributed by atoms with Gasteiger partial charge in [-0.25, -0.2) is 4.98 Å². The van der Waals surface area contributed by atoms with Crippen molar-refractivity contribution in [2.45, 2.75) is 0 Å². The third kappa shape index (κ3) is 6.01. The Morgan fingerprint density at radius 1 is 0.730 bits per heavy atom. The van der Waals surface area contributed by atoms with Crippen molar-refractivity contribution in [2.24, 2.45) is 5.10 Å². The Bertz CT molecular complexity index is 1450. The van der Waals surface area contributed by atoms with E-state index in [0.29, 0.717) is 0 Å². The standard InChI is InChI=1S/C30H29N5S.BrH/c1-34(2)26-15-11-22(12-16-26)29(23-13-17-27(18-14-23)35(3)4)32-33-30-31-28(20-36-30)25-10-9-21-7-5-6-8-24(21)19-25;/h5-20H,1-4H3,(H,31,33);1H. The van der Waals surface area contributed by atoms with Crippen LogP contribution < -0.4 is 15.2 Å². The van der Waals surface area contributed by atoms with Crippen molar-refractivity contribution in [3.05, 3.63) is 108 Å². The molecule has 0 aliphatic heterocycles. The van der Waals surface area contributed by atoms with Gasteiger partial charge in [-0.3, -0.25) is 5.43 Å². The van der Waals surface area contributed by atoms with Gasteiger partial charge in [0.15, 0.2) is 0 Å². The van der Waals surface area contributed by atoms with Crippen LogP contribution in [0.15, 0.2) is 101 Å². The first-order chi connectivity index (χ1) is 17.5. The average Bonchev–Trinajstić information content (AvgIpc) is 3.38. The Kier molecular flexibility index (Phi) is 8.26. The number of anilines is 3. The Balaban J connectivity index is 0.00000320. The summed E-state index contributed by atoms with van der Waals surface area (Å²) in [6.07, 6.45) is 0. The lowest BCUT2D eigenvalue weighted by Crippen LogP contribution is -2.11. The Morgan fingerprint density at radius 3 is 1.86 bits per heavy atom. The average molecular weight is 573 g/mol. The first-order valence-corrected chi connectivity index (χ1v) is 12.7. The van der Waals surface area contributed by atoms with E-state index in [1.807, 2.05) is 28.2 Å². The highest BCUT2D eigenvalue weighted by molar-refractivity contribution is 8.93. The monoisotopic (exact) mass is 571 g/mol. The molecule has 5 rings (SSSR count). The van der Waals surface area contributed by atoms with Crippen LogP contribution in [0.3, 0.4) is 0 Å². The minimum Gasteiger partial charge on any atom is -0.378 e. The van der Waals surface area contributed by atoms with Crippen molar-refractivity contribution >= 4 is 61.3 Å². The summed E-state index contributed by atoms with van der Waals surface area (Å²) in [5, 5.41) is 10.1. The first kappa shape index (κ1) is 26.4. The molecule has 0 atom stereocenters. The number of thiazole rings is 1. The highest BCUT2D eigenvalue weighted by Gasteiger charge is 2.11. The summed E-state index contributed by atoms with van der Waals surface area (Å²) >= 11 is 1.55. The zero-order valence-electron chi connectivity index (χ0n) is 21.3. The summed E-state index contributed by atoms with van der Waals surface area (Å²) in [5.74, 6) is 0. The molecule has 1 aromatic heterocycles. The minimum absolute atomic E-state index is 0. The second kappa shape index (κ2) is 11.6. The number of rotatable bonds is 7. The Hall–Kier alpha value is -3.68. The van der Waals surface area contributed by atoms with E-state index in [4.69, 9.17) is 10.1 Å². The summed E-state index contributed by atoms with van der Waals surface area (Å²) in [6, 6.07) is 31.7. The predicted octanol–water partition coefficient (Wildman–Crippen LogP) is 7.54. The molecule has 0 saturated heterocycles. The van der Waals surface area contributed by atoms with Crippen molar-refractivity contribution < 1.29 is 0 Å². The van der Waals surface area contributed by atoms with E-state index in [0.717, 1.165) is 44.6 Å². The SMILES string of the molecule is Br.CN(C)c1ccc(C(=NNc2nc(-c3ccc4ccccc4c3)cs2)c2ccc(N(C)C)cc2)cc1. The van der Waals surface area contributed by atoms with Crippen molar-refractivity contribution in [3.63, 3.8) is 0 Å². The van der Waals surface area contributed by atoms with Crippen LogP contribution in [0.4, 0.5) is 16.5 Å². The van der Waals surface area contributed by atoms with Gasteiger partial charge in [0.2, 0.25) is 5.13 Å². The van der Waals surface area contributed by atoms with E-state index in [-0.39, 0.29) is 17.0 Å². The predicted molar refractivity (Wildman–Crippen MR) is 166 cm³/mol. The number of hydrogen-bond donors (Lipinski definition) is 1. The smallest absolute Gasteiger partial charge is 0.203 e. The molecule has 0 spiro atoms. The third-order valence-electron chi connectivity index (χ3n) is 6.13. The minimum atomic E-state index is 0. The molecule has 1 N–H and O–H groups in total. The van der Waals surface area contributed by atoms with Gasteiger partial charge in [-0.2, -0.15) is 5.10 Å². The molecule has 0 unspecified atom stereocenters. The number of benzene rings is 4. The van der Waals surface area contributed by atoms with Gasteiger partial charge in [0, 0.05) is 61.6 Å². The molecule has 37 heavy (non-hydrogen) atoms. The second-order valence-corrected chi connectivity index (χ2v) is 9.91. The number of aromatic nitrogens is 1. The van der Waals surface area contributed by atoms with Gasteiger partial charge in [0.05, 0.1) is 11.4 Å². The van der Waals surface area contributed by atoms with Crippen LogP contribution >= 0.6 is 28.3 Å². The maximum absolute atomic E-state index is 4.83. The number of fused-ring (bicyclic) bond motifs is 1. The molecular weight excluding hydrogens is 542 g/mol. The fourth-order valence-electron chi connectivity index (χ4n) is 4.04. The molecule has 4 aromatic carbocycles. The molecule has 0 aliphatic carbocycles. The Labute approximate surface area is 232 Å². The number of nitrogens with one attached hydrogen (secondary N) is 1. The van der Waals surface area contributed by atoms with Crippen LogP contribution in [-0.2, 0) is 0 Å². The second-order valence-electron chi connectivity index (χ2n) is 9.05. The van der Waals surface area contributed by atoms with Crippen LogP contribution in [0, 0.1) is 0 Å². The summed E-state index contributed by atoms with van der Waals surface area (Å²) in [5.41, 5.74) is 10.5. The van der Waals surface area contributed by atoms with Crippen LogP contribution in [0.5, 0.6) is 0 Å². The molecule has 1 heterocycles. The molecule has 188 valence electrons. The lowest BCUT2D eigenvalue weighted by molar-refractivity contribution is 1.13. The van der Waals surface area contributed by atoms with E-state index < -0.39 is 0 Å². The highest BCUT2D eigenvalue weighted by Crippen LogP contribution is 2.28. The molecule has 5 nitrogen and oxygen atoms in total. The molecule has 0 amide bonds. The van der Waals surface area contributed by atoms with Crippen molar-refractivity contribution in [3.8, 4) is 11.3 Å². The zero-order valence-corrected chi connectivity index (χ0v) is 23.9. The van der Waals surface area contributed by atoms with Gasteiger partial charge in [0.1, 0.15) is 0 Å². The number of nitrogens with zero attached hydrogens (tertiary/aromatic N) is 4. The Morgan fingerprint density at radius 2 is 1.30 bits per heavy atom. The number of halogens is 1. The number of hydrogen-bond acceptors (Lipinski definition) is 6. The van der Waals surface area contributed by atoms with E-state index >= 15 is 0 Å². The highest BCUT2D eigenvalue weighted by atomic mass is 79.9. The molecule has 0 aliphatic rings. The quantitative estimate of drug-likeness (QED) is 0.162.